The number of rotatable bonds is 6. The van der Waals surface area contributed by atoms with E-state index in [-0.39, 0.29) is 0 Å². The minimum Gasteiger partial charge on any atom is -0.497 e. The van der Waals surface area contributed by atoms with Gasteiger partial charge in [-0.2, -0.15) is 0 Å². The maximum atomic E-state index is 6.35. The molecule has 2 fully saturated rings. The van der Waals surface area contributed by atoms with Gasteiger partial charge < -0.3 is 19.3 Å². The largest absolute Gasteiger partial charge is 0.497 e. The van der Waals surface area contributed by atoms with E-state index in [0.29, 0.717) is 12.0 Å². The average Bonchev–Trinajstić information content (AvgIpc) is 3.31. The molecular formula is C28H36N2O2. The van der Waals surface area contributed by atoms with Gasteiger partial charge in [0.05, 0.1) is 13.7 Å². The maximum Gasteiger partial charge on any atom is 0.120 e. The summed E-state index contributed by atoms with van der Waals surface area (Å²) in [7, 11) is 1.72. The molecule has 0 saturated carbocycles. The van der Waals surface area contributed by atoms with Crippen molar-refractivity contribution in [1.82, 2.24) is 9.80 Å². The van der Waals surface area contributed by atoms with E-state index in [1.165, 1.54) is 66.0 Å². The fourth-order valence-corrected chi connectivity index (χ4v) is 5.49. The Morgan fingerprint density at radius 2 is 1.69 bits per heavy atom. The highest BCUT2D eigenvalue weighted by molar-refractivity contribution is 5.72. The SMILES string of the molecule is COc1ccc(C2=c3ccc(OCC4CCN(C(C)C)CC4)cc3=C3CCCN3C2)cc1. The first-order valence-corrected chi connectivity index (χ1v) is 12.2. The lowest BCUT2D eigenvalue weighted by Crippen LogP contribution is -2.41. The zero-order valence-electron chi connectivity index (χ0n) is 19.8. The predicted molar refractivity (Wildman–Crippen MR) is 130 cm³/mol. The summed E-state index contributed by atoms with van der Waals surface area (Å²) < 4.78 is 11.7. The van der Waals surface area contributed by atoms with Crippen LogP contribution in [0.25, 0.3) is 11.3 Å². The van der Waals surface area contributed by atoms with E-state index in [1.54, 1.807) is 7.11 Å². The van der Waals surface area contributed by atoms with E-state index in [4.69, 9.17) is 9.47 Å². The predicted octanol–water partition coefficient (Wildman–Crippen LogP) is 3.61. The summed E-state index contributed by atoms with van der Waals surface area (Å²) in [6.45, 7) is 9.96. The van der Waals surface area contributed by atoms with Crippen LogP contribution >= 0.6 is 0 Å². The summed E-state index contributed by atoms with van der Waals surface area (Å²) in [6, 6.07) is 15.9. The number of methoxy groups -OCH3 is 1. The molecule has 2 aromatic rings. The molecule has 0 N–H and O–H groups in total. The minimum atomic E-state index is 0.653. The molecule has 0 aliphatic carbocycles. The molecule has 4 heteroatoms. The topological polar surface area (TPSA) is 24.9 Å². The molecule has 2 aromatic carbocycles. The lowest BCUT2D eigenvalue weighted by atomic mass is 9.96. The van der Waals surface area contributed by atoms with Gasteiger partial charge in [0.25, 0.3) is 0 Å². The number of hydrogen-bond donors (Lipinski definition) is 0. The second-order valence-corrected chi connectivity index (χ2v) is 9.77. The number of fused-ring (bicyclic) bond motifs is 2. The van der Waals surface area contributed by atoms with E-state index in [0.717, 1.165) is 31.2 Å². The number of likely N-dealkylation sites (tertiary alicyclic amines) is 1. The fourth-order valence-electron chi connectivity index (χ4n) is 5.49. The van der Waals surface area contributed by atoms with Crippen LogP contribution in [0.15, 0.2) is 42.5 Å². The van der Waals surface area contributed by atoms with Gasteiger partial charge in [0.1, 0.15) is 11.5 Å². The summed E-state index contributed by atoms with van der Waals surface area (Å²) in [5.41, 5.74) is 4.18. The normalized spacial score (nSPS) is 19.3. The Hall–Kier alpha value is -2.46. The first-order valence-electron chi connectivity index (χ1n) is 12.2. The molecule has 0 unspecified atom stereocenters. The monoisotopic (exact) mass is 432 g/mol. The number of ether oxygens (including phenoxy) is 2. The van der Waals surface area contributed by atoms with Crippen molar-refractivity contribution < 1.29 is 9.47 Å². The Balaban J connectivity index is 1.40. The van der Waals surface area contributed by atoms with Crippen LogP contribution < -0.4 is 19.9 Å². The standard InChI is InChI=1S/C28H36N2O2/c1-20(2)29-15-12-21(13-16-29)19-32-24-10-11-25-26(17-24)28-5-4-14-30(28)18-27(25)22-6-8-23(31-3)9-7-22/h6-11,17,20-21H,4-5,12-16,18-19H2,1-3H3. The van der Waals surface area contributed by atoms with Gasteiger partial charge >= 0.3 is 0 Å². The van der Waals surface area contributed by atoms with Crippen LogP contribution in [-0.2, 0) is 0 Å². The molecule has 0 aromatic heterocycles. The Morgan fingerprint density at radius 1 is 0.938 bits per heavy atom. The Morgan fingerprint density at radius 3 is 2.41 bits per heavy atom. The lowest BCUT2D eigenvalue weighted by Gasteiger charge is -2.34. The second-order valence-electron chi connectivity index (χ2n) is 9.77. The van der Waals surface area contributed by atoms with Crippen LogP contribution in [0.3, 0.4) is 0 Å². The van der Waals surface area contributed by atoms with Crippen molar-refractivity contribution in [2.45, 2.75) is 45.6 Å². The number of benzene rings is 2. The van der Waals surface area contributed by atoms with Crippen LogP contribution in [0.1, 0.15) is 45.1 Å². The van der Waals surface area contributed by atoms with Gasteiger partial charge in [-0.3, -0.25) is 0 Å². The number of hydrogen-bond acceptors (Lipinski definition) is 4. The van der Waals surface area contributed by atoms with Crippen molar-refractivity contribution in [1.29, 1.82) is 0 Å². The smallest absolute Gasteiger partial charge is 0.120 e. The van der Waals surface area contributed by atoms with E-state index in [1.807, 2.05) is 0 Å². The van der Waals surface area contributed by atoms with Crippen LogP contribution in [0.5, 0.6) is 11.5 Å². The molecule has 3 aliphatic heterocycles. The van der Waals surface area contributed by atoms with Gasteiger partial charge in [0.15, 0.2) is 0 Å². The number of piperidine rings is 1. The molecule has 0 radical (unpaired) electrons. The third-order valence-corrected chi connectivity index (χ3v) is 7.50. The Labute approximate surface area is 192 Å². The summed E-state index contributed by atoms with van der Waals surface area (Å²) in [6.07, 6.45) is 4.89. The minimum absolute atomic E-state index is 0.653. The number of nitrogens with zero attached hydrogens (tertiary/aromatic N) is 2. The first-order chi connectivity index (χ1) is 15.6. The summed E-state index contributed by atoms with van der Waals surface area (Å²) in [5, 5.41) is 2.73. The molecule has 4 nitrogen and oxygen atoms in total. The highest BCUT2D eigenvalue weighted by Gasteiger charge is 2.25. The second kappa shape index (κ2) is 9.19. The van der Waals surface area contributed by atoms with Crippen molar-refractivity contribution >= 4 is 11.3 Å². The average molecular weight is 433 g/mol. The summed E-state index contributed by atoms with van der Waals surface area (Å²) in [4.78, 5) is 5.14. The summed E-state index contributed by atoms with van der Waals surface area (Å²) >= 11 is 0. The molecule has 170 valence electrons. The lowest BCUT2D eigenvalue weighted by molar-refractivity contribution is 0.119. The zero-order chi connectivity index (χ0) is 22.1. The van der Waals surface area contributed by atoms with Crippen molar-refractivity contribution in [2.24, 2.45) is 5.92 Å². The Kier molecular flexibility index (Phi) is 6.14. The maximum absolute atomic E-state index is 6.35. The molecule has 0 amide bonds. The molecule has 0 spiro atoms. The van der Waals surface area contributed by atoms with Gasteiger partial charge in [0, 0.05) is 30.0 Å². The van der Waals surface area contributed by atoms with Gasteiger partial charge in [-0.05, 0) is 99.2 Å². The highest BCUT2D eigenvalue weighted by atomic mass is 16.5. The molecule has 5 rings (SSSR count). The van der Waals surface area contributed by atoms with Crippen LogP contribution in [-0.4, -0.2) is 55.7 Å². The third-order valence-electron chi connectivity index (χ3n) is 7.50. The van der Waals surface area contributed by atoms with E-state index >= 15 is 0 Å². The van der Waals surface area contributed by atoms with E-state index in [2.05, 4.69) is 66.1 Å². The van der Waals surface area contributed by atoms with Crippen LogP contribution in [0.4, 0.5) is 0 Å². The van der Waals surface area contributed by atoms with E-state index in [9.17, 15) is 0 Å². The molecular weight excluding hydrogens is 396 g/mol. The molecule has 2 saturated heterocycles. The van der Waals surface area contributed by atoms with Crippen molar-refractivity contribution in [2.75, 3.05) is 39.9 Å². The molecule has 32 heavy (non-hydrogen) atoms. The van der Waals surface area contributed by atoms with Crippen LogP contribution in [0.2, 0.25) is 0 Å². The van der Waals surface area contributed by atoms with Crippen molar-refractivity contribution in [3.05, 3.63) is 58.5 Å². The van der Waals surface area contributed by atoms with Crippen molar-refractivity contribution in [3.8, 4) is 11.5 Å². The summed E-state index contributed by atoms with van der Waals surface area (Å²) in [5.74, 6) is 2.59. The van der Waals surface area contributed by atoms with E-state index < -0.39 is 0 Å². The van der Waals surface area contributed by atoms with Gasteiger partial charge in [-0.1, -0.05) is 18.2 Å². The van der Waals surface area contributed by atoms with Crippen molar-refractivity contribution in [3.63, 3.8) is 0 Å². The zero-order valence-corrected chi connectivity index (χ0v) is 19.8. The van der Waals surface area contributed by atoms with Gasteiger partial charge in [-0.25, -0.2) is 0 Å². The van der Waals surface area contributed by atoms with Gasteiger partial charge in [-0.15, -0.1) is 0 Å². The Bertz CT molecular complexity index is 1070. The quantitative estimate of drug-likeness (QED) is 0.696. The fraction of sp³-hybridized carbons (Fsp3) is 0.500. The third kappa shape index (κ3) is 4.25. The molecule has 0 atom stereocenters. The molecule has 3 heterocycles. The highest BCUT2D eigenvalue weighted by Crippen LogP contribution is 2.28. The van der Waals surface area contributed by atoms with Crippen LogP contribution in [0, 0.1) is 5.92 Å². The molecule has 0 bridgehead atoms. The molecule has 3 aliphatic rings. The van der Waals surface area contributed by atoms with Gasteiger partial charge in [0.2, 0.25) is 0 Å². The first kappa shape index (κ1) is 21.4.